The van der Waals surface area contributed by atoms with Crippen LogP contribution in [0.5, 0.6) is 0 Å². The van der Waals surface area contributed by atoms with Crippen LogP contribution in [0.3, 0.4) is 0 Å². The second-order valence-corrected chi connectivity index (χ2v) is 8.88. The number of carbonyl (C=O) groups is 1. The topological polar surface area (TPSA) is 76.4 Å². The van der Waals surface area contributed by atoms with E-state index in [9.17, 15) is 18.3 Å². The Morgan fingerprint density at radius 1 is 1.15 bits per heavy atom. The second kappa shape index (κ2) is 5.97. The molecule has 0 spiro atoms. The van der Waals surface area contributed by atoms with Gasteiger partial charge in [-0.1, -0.05) is 23.7 Å². The van der Waals surface area contributed by atoms with Gasteiger partial charge in [0.1, 0.15) is 6.54 Å². The van der Waals surface area contributed by atoms with E-state index >= 15 is 0 Å². The second-order valence-electron chi connectivity index (χ2n) is 6.68. The van der Waals surface area contributed by atoms with Gasteiger partial charge in [0.25, 0.3) is 0 Å². The fourth-order valence-corrected chi connectivity index (χ4v) is 5.39. The molecule has 2 heterocycles. The van der Waals surface area contributed by atoms with Gasteiger partial charge in [-0.2, -0.15) is 0 Å². The van der Waals surface area contributed by atoms with Crippen LogP contribution in [-0.4, -0.2) is 24.1 Å². The van der Waals surface area contributed by atoms with Crippen LogP contribution in [0.25, 0.3) is 16.5 Å². The summed E-state index contributed by atoms with van der Waals surface area (Å²) in [4.78, 5) is 11.6. The Hall–Kier alpha value is -2.57. The maximum absolute atomic E-state index is 12.7. The zero-order valence-electron chi connectivity index (χ0n) is 14.7. The van der Waals surface area contributed by atoms with Crippen molar-refractivity contribution in [3.05, 3.63) is 69.2 Å². The summed E-state index contributed by atoms with van der Waals surface area (Å²) in [5.74, 6) is -0.972. The minimum Gasteiger partial charge on any atom is -0.480 e. The average Bonchev–Trinajstić information content (AvgIpc) is 2.98. The highest BCUT2D eigenvalue weighted by atomic mass is 35.5. The van der Waals surface area contributed by atoms with Gasteiger partial charge in [0.2, 0.25) is 9.84 Å². The van der Waals surface area contributed by atoms with Crippen LogP contribution >= 0.6 is 11.6 Å². The number of sulfone groups is 1. The first-order valence-electron chi connectivity index (χ1n) is 8.27. The van der Waals surface area contributed by atoms with Crippen molar-refractivity contribution < 1.29 is 18.3 Å². The number of aromatic nitrogens is 1. The lowest BCUT2D eigenvalue weighted by molar-refractivity contribution is -0.137. The third-order valence-electron chi connectivity index (χ3n) is 4.85. The minimum atomic E-state index is -3.56. The maximum Gasteiger partial charge on any atom is 0.323 e. The lowest BCUT2D eigenvalue weighted by Gasteiger charge is -2.08. The van der Waals surface area contributed by atoms with Crippen LogP contribution in [-0.2, 0) is 21.2 Å². The number of fused-ring (bicyclic) bond motifs is 2. The minimum absolute atomic E-state index is 0.218. The lowest BCUT2D eigenvalue weighted by atomic mass is 9.96. The van der Waals surface area contributed by atoms with Crippen LogP contribution in [0, 0.1) is 13.8 Å². The van der Waals surface area contributed by atoms with E-state index in [1.807, 2.05) is 13.0 Å². The molecule has 0 radical (unpaired) electrons. The first kappa shape index (κ1) is 17.8. The predicted octanol–water partition coefficient (Wildman–Crippen LogP) is 4.17. The fraction of sp³-hybridized carbons (Fsp3) is 0.150. The predicted molar refractivity (Wildman–Crippen MR) is 105 cm³/mol. The molecular weight excluding hydrogens is 386 g/mol. The number of aliphatic carboxylic acids is 1. The van der Waals surface area contributed by atoms with Crippen molar-refractivity contribution >= 4 is 43.9 Å². The Morgan fingerprint density at radius 2 is 1.89 bits per heavy atom. The van der Waals surface area contributed by atoms with Crippen molar-refractivity contribution in [2.75, 3.05) is 0 Å². The molecule has 5 nitrogen and oxygen atoms in total. The molecule has 0 unspecified atom stereocenters. The van der Waals surface area contributed by atoms with E-state index in [2.05, 4.69) is 0 Å². The molecule has 0 bridgehead atoms. The van der Waals surface area contributed by atoms with Crippen LogP contribution < -0.4 is 0 Å². The Kier molecular flexibility index (Phi) is 3.94. The molecule has 0 aliphatic carbocycles. The number of halogens is 1. The Labute approximate surface area is 161 Å². The van der Waals surface area contributed by atoms with Crippen LogP contribution in [0.1, 0.15) is 22.4 Å². The van der Waals surface area contributed by atoms with Crippen LogP contribution in [0.15, 0.2) is 46.7 Å². The largest absolute Gasteiger partial charge is 0.480 e. The Balaban J connectivity index is 2.08. The first-order chi connectivity index (χ1) is 12.7. The van der Waals surface area contributed by atoms with Gasteiger partial charge in [-0.15, -0.1) is 0 Å². The highest BCUT2D eigenvalue weighted by molar-refractivity contribution is 7.95. The molecule has 138 valence electrons. The number of benzene rings is 2. The number of nitrogens with zero attached hydrogens (tertiary/aromatic N) is 1. The van der Waals surface area contributed by atoms with Gasteiger partial charge < -0.3 is 9.67 Å². The van der Waals surface area contributed by atoms with Crippen molar-refractivity contribution in [1.82, 2.24) is 4.57 Å². The first-order valence-corrected chi connectivity index (χ1v) is 10.2. The van der Waals surface area contributed by atoms with Crippen molar-refractivity contribution in [1.29, 1.82) is 0 Å². The van der Waals surface area contributed by atoms with E-state index in [0.717, 1.165) is 10.9 Å². The van der Waals surface area contributed by atoms with Gasteiger partial charge in [0.05, 0.1) is 4.90 Å². The van der Waals surface area contributed by atoms with Gasteiger partial charge in [-0.05, 0) is 43.7 Å². The third kappa shape index (κ3) is 2.76. The number of carboxylic acids is 1. The van der Waals surface area contributed by atoms with E-state index in [1.54, 1.807) is 41.8 Å². The van der Waals surface area contributed by atoms with Gasteiger partial charge in [0.15, 0.2) is 0 Å². The summed E-state index contributed by atoms with van der Waals surface area (Å²) in [5.41, 5.74) is 4.13. The van der Waals surface area contributed by atoms with E-state index in [0.29, 0.717) is 32.9 Å². The molecular formula is C20H16ClNO4S. The summed E-state index contributed by atoms with van der Waals surface area (Å²) in [5, 5.41) is 11.8. The molecule has 7 heteroatoms. The Bertz CT molecular complexity index is 1270. The van der Waals surface area contributed by atoms with Crippen molar-refractivity contribution in [3.8, 4) is 0 Å². The summed E-state index contributed by atoms with van der Waals surface area (Å²) in [6.45, 7) is 3.42. The molecule has 1 aromatic heterocycles. The maximum atomic E-state index is 12.7. The highest BCUT2D eigenvalue weighted by Crippen LogP contribution is 2.43. The van der Waals surface area contributed by atoms with E-state index in [-0.39, 0.29) is 11.4 Å². The molecule has 0 saturated carbocycles. The zero-order chi connectivity index (χ0) is 19.5. The molecule has 27 heavy (non-hydrogen) atoms. The summed E-state index contributed by atoms with van der Waals surface area (Å²) < 4.78 is 27.0. The van der Waals surface area contributed by atoms with Crippen molar-refractivity contribution in [3.63, 3.8) is 0 Å². The molecule has 1 aliphatic rings. The van der Waals surface area contributed by atoms with Crippen LogP contribution in [0.2, 0.25) is 5.02 Å². The summed E-state index contributed by atoms with van der Waals surface area (Å²) in [6.07, 6.45) is 0. The molecule has 1 N–H and O–H groups in total. The quantitative estimate of drug-likeness (QED) is 0.714. The molecule has 1 aliphatic heterocycles. The number of hydrogen-bond donors (Lipinski definition) is 1. The Morgan fingerprint density at radius 3 is 2.59 bits per heavy atom. The summed E-state index contributed by atoms with van der Waals surface area (Å²) >= 11 is 6.18. The monoisotopic (exact) mass is 401 g/mol. The van der Waals surface area contributed by atoms with Gasteiger partial charge in [-0.25, -0.2) is 8.42 Å². The molecule has 0 saturated heterocycles. The van der Waals surface area contributed by atoms with Gasteiger partial charge >= 0.3 is 5.97 Å². The van der Waals surface area contributed by atoms with Crippen LogP contribution in [0.4, 0.5) is 0 Å². The van der Waals surface area contributed by atoms with Gasteiger partial charge in [-0.3, -0.25) is 4.79 Å². The molecule has 0 amide bonds. The SMILES string of the molecule is Cc1ccc2c(c1)S(=O)(=O)C=C2c1c(C)n(CC(=O)O)c2ccc(Cl)cc12. The van der Waals surface area contributed by atoms with Crippen molar-refractivity contribution in [2.24, 2.45) is 0 Å². The smallest absolute Gasteiger partial charge is 0.323 e. The number of aryl methyl sites for hydroxylation is 1. The van der Waals surface area contributed by atoms with Gasteiger partial charge in [0, 0.05) is 43.7 Å². The zero-order valence-corrected chi connectivity index (χ0v) is 16.2. The molecule has 2 aromatic carbocycles. The average molecular weight is 402 g/mol. The number of carboxylic acid groups (broad SMARTS) is 1. The standard InChI is InChI=1S/C20H16ClNO4S/c1-11-3-5-14-16(10-27(25,26)18(14)7-11)20-12(2)22(9-19(23)24)17-6-4-13(21)8-15(17)20/h3-8,10H,9H2,1-2H3,(H,23,24). The lowest BCUT2D eigenvalue weighted by Crippen LogP contribution is -2.10. The highest BCUT2D eigenvalue weighted by Gasteiger charge is 2.31. The normalized spacial score (nSPS) is 15.0. The third-order valence-corrected chi connectivity index (χ3v) is 6.59. The summed E-state index contributed by atoms with van der Waals surface area (Å²) in [6, 6.07) is 10.5. The molecule has 3 aromatic rings. The fourth-order valence-electron chi connectivity index (χ4n) is 3.70. The number of rotatable bonds is 3. The van der Waals surface area contributed by atoms with E-state index in [1.165, 1.54) is 5.41 Å². The number of hydrogen-bond acceptors (Lipinski definition) is 3. The molecule has 0 fully saturated rings. The van der Waals surface area contributed by atoms with Crippen molar-refractivity contribution in [2.45, 2.75) is 25.3 Å². The molecule has 4 rings (SSSR count). The van der Waals surface area contributed by atoms with E-state index in [4.69, 9.17) is 11.6 Å². The van der Waals surface area contributed by atoms with E-state index < -0.39 is 15.8 Å². The molecule has 0 atom stereocenters. The summed E-state index contributed by atoms with van der Waals surface area (Å²) in [7, 11) is -3.56.